The van der Waals surface area contributed by atoms with Crippen molar-refractivity contribution in [1.29, 1.82) is 0 Å². The van der Waals surface area contributed by atoms with Crippen LogP contribution in [0.25, 0.3) is 0 Å². The van der Waals surface area contributed by atoms with Crippen molar-refractivity contribution in [3.63, 3.8) is 0 Å². The molecule has 1 aromatic rings. The maximum absolute atomic E-state index is 5.60. The highest BCUT2D eigenvalue weighted by molar-refractivity contribution is 6.99. The van der Waals surface area contributed by atoms with E-state index in [2.05, 4.69) is 8.75 Å². The molecule has 0 saturated heterocycles. The Hall–Kier alpha value is -0.350. The van der Waals surface area contributed by atoms with Crippen LogP contribution in [-0.4, -0.2) is 14.9 Å². The fourth-order valence-electron chi connectivity index (χ4n) is 0.463. The lowest BCUT2D eigenvalue weighted by Crippen LogP contribution is -2.05. The van der Waals surface area contributed by atoms with Crippen LogP contribution in [0.3, 0.4) is 0 Å². The van der Waals surface area contributed by atoms with Gasteiger partial charge in [0.2, 0.25) is 5.15 Å². The molecule has 0 aliphatic carbocycles. The number of halogens is 1. The maximum atomic E-state index is 5.60. The van der Waals surface area contributed by atoms with E-state index in [4.69, 9.17) is 16.3 Å². The van der Waals surface area contributed by atoms with Crippen molar-refractivity contribution in [3.8, 4) is 5.88 Å². The van der Waals surface area contributed by atoms with Crippen LogP contribution in [0.2, 0.25) is 5.15 Å². The van der Waals surface area contributed by atoms with Gasteiger partial charge in [-0.15, -0.1) is 4.37 Å². The molecule has 10 heavy (non-hydrogen) atoms. The normalized spacial score (nSPS) is 10.4. The average molecular weight is 179 g/mol. The Kier molecular flexibility index (Phi) is 2.45. The summed E-state index contributed by atoms with van der Waals surface area (Å²) in [5.41, 5.74) is 0. The van der Waals surface area contributed by atoms with Crippen LogP contribution in [-0.2, 0) is 0 Å². The van der Waals surface area contributed by atoms with E-state index < -0.39 is 0 Å². The van der Waals surface area contributed by atoms with E-state index >= 15 is 0 Å². The van der Waals surface area contributed by atoms with Crippen molar-refractivity contribution in [2.45, 2.75) is 20.0 Å². The first-order valence-electron chi connectivity index (χ1n) is 2.85. The third-order valence-corrected chi connectivity index (χ3v) is 1.63. The Balaban J connectivity index is 2.65. The van der Waals surface area contributed by atoms with Gasteiger partial charge in [-0.1, -0.05) is 11.6 Å². The number of hydrogen-bond donors (Lipinski definition) is 0. The monoisotopic (exact) mass is 178 g/mol. The number of aromatic nitrogens is 2. The zero-order valence-corrected chi connectivity index (χ0v) is 7.24. The Morgan fingerprint density at radius 2 is 2.20 bits per heavy atom. The van der Waals surface area contributed by atoms with Crippen molar-refractivity contribution < 1.29 is 4.74 Å². The minimum absolute atomic E-state index is 0.0985. The van der Waals surface area contributed by atoms with Crippen LogP contribution in [0.5, 0.6) is 5.88 Å². The molecule has 0 aliphatic rings. The molecule has 0 aromatic carbocycles. The van der Waals surface area contributed by atoms with Crippen LogP contribution in [0.1, 0.15) is 13.8 Å². The van der Waals surface area contributed by atoms with E-state index in [0.29, 0.717) is 11.0 Å². The van der Waals surface area contributed by atoms with E-state index in [9.17, 15) is 0 Å². The smallest absolute Gasteiger partial charge is 0.265 e. The van der Waals surface area contributed by atoms with Gasteiger partial charge in [-0.25, -0.2) is 0 Å². The third-order valence-electron chi connectivity index (χ3n) is 0.769. The van der Waals surface area contributed by atoms with Crippen molar-refractivity contribution in [3.05, 3.63) is 5.15 Å². The molecule has 0 aliphatic heterocycles. The molecule has 1 heterocycles. The Morgan fingerprint density at radius 3 is 2.60 bits per heavy atom. The summed E-state index contributed by atoms with van der Waals surface area (Å²) in [4.78, 5) is 0. The van der Waals surface area contributed by atoms with Crippen LogP contribution in [0.4, 0.5) is 0 Å². The summed E-state index contributed by atoms with van der Waals surface area (Å²) in [6, 6.07) is 0. The summed E-state index contributed by atoms with van der Waals surface area (Å²) in [6.45, 7) is 3.82. The lowest BCUT2D eigenvalue weighted by Gasteiger charge is -2.04. The van der Waals surface area contributed by atoms with Gasteiger partial charge in [0.15, 0.2) is 0 Å². The number of hydrogen-bond acceptors (Lipinski definition) is 4. The fraction of sp³-hybridized carbons (Fsp3) is 0.600. The second-order valence-electron chi connectivity index (χ2n) is 2.03. The largest absolute Gasteiger partial charge is 0.472 e. The highest BCUT2D eigenvalue weighted by Crippen LogP contribution is 2.21. The molecule has 0 spiro atoms. The van der Waals surface area contributed by atoms with Crippen molar-refractivity contribution in [2.75, 3.05) is 0 Å². The van der Waals surface area contributed by atoms with Gasteiger partial charge in [0.25, 0.3) is 5.88 Å². The van der Waals surface area contributed by atoms with Gasteiger partial charge in [-0.05, 0) is 13.8 Å². The van der Waals surface area contributed by atoms with Crippen molar-refractivity contribution >= 4 is 23.3 Å². The lowest BCUT2D eigenvalue weighted by atomic mass is 10.5. The lowest BCUT2D eigenvalue weighted by molar-refractivity contribution is 0.235. The zero-order chi connectivity index (χ0) is 7.56. The molecule has 56 valence electrons. The molecule has 3 nitrogen and oxygen atoms in total. The summed E-state index contributed by atoms with van der Waals surface area (Å²) >= 11 is 6.65. The predicted octanol–water partition coefficient (Wildman–Crippen LogP) is 1.98. The van der Waals surface area contributed by atoms with Gasteiger partial charge in [0.1, 0.15) is 0 Å². The Labute approximate surface area is 68.3 Å². The van der Waals surface area contributed by atoms with Gasteiger partial charge < -0.3 is 4.74 Å². The second kappa shape index (κ2) is 3.16. The molecule has 0 fully saturated rings. The molecule has 0 radical (unpaired) electrons. The van der Waals surface area contributed by atoms with Gasteiger partial charge >= 0.3 is 0 Å². The average Bonchev–Trinajstić information content (AvgIpc) is 2.15. The number of rotatable bonds is 2. The SMILES string of the molecule is CC(C)Oc1nsnc1Cl. The minimum Gasteiger partial charge on any atom is -0.472 e. The molecular formula is C5H7ClN2OS. The number of nitrogens with zero attached hydrogens (tertiary/aromatic N) is 2. The second-order valence-corrected chi connectivity index (χ2v) is 2.91. The highest BCUT2D eigenvalue weighted by Gasteiger charge is 2.06. The zero-order valence-electron chi connectivity index (χ0n) is 5.67. The fourth-order valence-corrected chi connectivity index (χ4v) is 1.09. The minimum atomic E-state index is 0.0985. The van der Waals surface area contributed by atoms with Crippen LogP contribution < -0.4 is 4.74 Å². The van der Waals surface area contributed by atoms with Crippen LogP contribution in [0, 0.1) is 0 Å². The summed E-state index contributed by atoms with van der Waals surface area (Å²) in [5.74, 6) is 0.432. The molecule has 0 unspecified atom stereocenters. The van der Waals surface area contributed by atoms with Gasteiger partial charge in [-0.2, -0.15) is 4.37 Å². The Morgan fingerprint density at radius 1 is 1.50 bits per heavy atom. The molecule has 0 bridgehead atoms. The van der Waals surface area contributed by atoms with Crippen LogP contribution >= 0.6 is 23.3 Å². The standard InChI is InChI=1S/C5H7ClN2OS/c1-3(2)9-5-4(6)7-10-8-5/h3H,1-2H3. The summed E-state index contributed by atoms with van der Waals surface area (Å²) in [6.07, 6.45) is 0.0985. The summed E-state index contributed by atoms with van der Waals surface area (Å²) < 4.78 is 12.8. The molecule has 0 amide bonds. The van der Waals surface area contributed by atoms with Crippen molar-refractivity contribution in [2.24, 2.45) is 0 Å². The highest BCUT2D eigenvalue weighted by atomic mass is 35.5. The molecular weight excluding hydrogens is 172 g/mol. The predicted molar refractivity (Wildman–Crippen MR) is 40.7 cm³/mol. The maximum Gasteiger partial charge on any atom is 0.265 e. The van der Waals surface area contributed by atoms with E-state index in [0.717, 1.165) is 11.7 Å². The first-order chi connectivity index (χ1) is 4.70. The van der Waals surface area contributed by atoms with Gasteiger partial charge in [-0.3, -0.25) is 0 Å². The van der Waals surface area contributed by atoms with Gasteiger partial charge in [0, 0.05) is 0 Å². The van der Waals surface area contributed by atoms with E-state index in [-0.39, 0.29) is 6.10 Å². The first kappa shape index (κ1) is 7.75. The topological polar surface area (TPSA) is 35.0 Å². The summed E-state index contributed by atoms with van der Waals surface area (Å²) in [7, 11) is 0. The molecule has 0 atom stereocenters. The Bertz CT molecular complexity index is 213. The molecule has 5 heteroatoms. The quantitative estimate of drug-likeness (QED) is 0.695. The van der Waals surface area contributed by atoms with Gasteiger partial charge in [0.05, 0.1) is 17.8 Å². The van der Waals surface area contributed by atoms with Crippen molar-refractivity contribution in [1.82, 2.24) is 8.75 Å². The summed E-state index contributed by atoms with van der Waals surface area (Å²) in [5, 5.41) is 0.346. The van der Waals surface area contributed by atoms with Crippen LogP contribution in [0.15, 0.2) is 0 Å². The van der Waals surface area contributed by atoms with E-state index in [1.807, 2.05) is 13.8 Å². The third kappa shape index (κ3) is 1.82. The van der Waals surface area contributed by atoms with E-state index in [1.165, 1.54) is 0 Å². The molecule has 0 saturated carbocycles. The number of ether oxygens (including phenoxy) is 1. The molecule has 1 rings (SSSR count). The van der Waals surface area contributed by atoms with E-state index in [1.54, 1.807) is 0 Å². The first-order valence-corrected chi connectivity index (χ1v) is 3.95. The molecule has 0 N–H and O–H groups in total. The molecule has 1 aromatic heterocycles.